The average molecular weight is 455 g/mol. The lowest BCUT2D eigenvalue weighted by Crippen LogP contribution is -1.94. The van der Waals surface area contributed by atoms with Gasteiger partial charge in [-0.05, 0) is 59.7 Å². The lowest BCUT2D eigenvalue weighted by atomic mass is 10.1. The second kappa shape index (κ2) is 10.5. The van der Waals surface area contributed by atoms with Crippen LogP contribution in [0.3, 0.4) is 0 Å². The molecule has 0 saturated carbocycles. The summed E-state index contributed by atoms with van der Waals surface area (Å²) in [6.07, 6.45) is 7.87. The Kier molecular flexibility index (Phi) is 7.08. The number of aromatic nitrogens is 2. The third-order valence-corrected chi connectivity index (χ3v) is 5.31. The molecule has 34 heavy (non-hydrogen) atoms. The van der Waals surface area contributed by atoms with Crippen LogP contribution in [-0.2, 0) is 0 Å². The van der Waals surface area contributed by atoms with Crippen molar-refractivity contribution in [3.05, 3.63) is 83.2 Å². The molecule has 0 aliphatic carbocycles. The smallest absolute Gasteiger partial charge is 0.161 e. The third-order valence-electron chi connectivity index (χ3n) is 5.31. The van der Waals surface area contributed by atoms with E-state index in [0.717, 1.165) is 33.5 Å². The molecule has 3 aromatic carbocycles. The van der Waals surface area contributed by atoms with Crippen molar-refractivity contribution in [3.63, 3.8) is 0 Å². The molecule has 1 heterocycles. The van der Waals surface area contributed by atoms with Crippen LogP contribution in [0.25, 0.3) is 35.3 Å². The van der Waals surface area contributed by atoms with E-state index in [0.29, 0.717) is 23.0 Å². The number of fused-ring (bicyclic) bond motifs is 1. The van der Waals surface area contributed by atoms with Crippen LogP contribution >= 0.6 is 0 Å². The van der Waals surface area contributed by atoms with E-state index in [2.05, 4.69) is 0 Å². The van der Waals surface area contributed by atoms with E-state index in [9.17, 15) is 0 Å². The first-order chi connectivity index (χ1) is 16.6. The van der Waals surface area contributed by atoms with E-state index in [1.165, 1.54) is 0 Å². The summed E-state index contributed by atoms with van der Waals surface area (Å²) < 4.78 is 21.5. The highest BCUT2D eigenvalue weighted by molar-refractivity contribution is 5.83. The summed E-state index contributed by atoms with van der Waals surface area (Å²) in [6.45, 7) is 0. The molecule has 0 spiro atoms. The molecule has 0 bridgehead atoms. The minimum Gasteiger partial charge on any atom is -0.493 e. The lowest BCUT2D eigenvalue weighted by Gasteiger charge is -2.08. The van der Waals surface area contributed by atoms with E-state index in [-0.39, 0.29) is 0 Å². The Morgan fingerprint density at radius 2 is 0.912 bits per heavy atom. The predicted octanol–water partition coefficient (Wildman–Crippen LogP) is 6.01. The number of hydrogen-bond acceptors (Lipinski definition) is 6. The van der Waals surface area contributed by atoms with Gasteiger partial charge in [-0.1, -0.05) is 36.4 Å². The Labute approximate surface area is 199 Å². The zero-order chi connectivity index (χ0) is 23.9. The number of ether oxygens (including phenoxy) is 4. The van der Waals surface area contributed by atoms with Gasteiger partial charge in [-0.25, -0.2) is 9.97 Å². The summed E-state index contributed by atoms with van der Waals surface area (Å²) in [4.78, 5) is 9.68. The van der Waals surface area contributed by atoms with Gasteiger partial charge in [0, 0.05) is 0 Å². The summed E-state index contributed by atoms with van der Waals surface area (Å²) in [6, 6.07) is 19.3. The van der Waals surface area contributed by atoms with Gasteiger partial charge in [-0.2, -0.15) is 0 Å². The minimum absolute atomic E-state index is 0.669. The van der Waals surface area contributed by atoms with E-state index < -0.39 is 0 Å². The maximum atomic E-state index is 5.42. The molecular weight excluding hydrogens is 428 g/mol. The van der Waals surface area contributed by atoms with Crippen molar-refractivity contribution in [2.45, 2.75) is 0 Å². The zero-order valence-electron chi connectivity index (χ0n) is 19.6. The molecule has 6 heteroatoms. The SMILES string of the molecule is COc1ccc(/C=C/c2nc3ccccc3nc2/C=C/c2ccc(OC)c(OC)c2)cc1OC. The minimum atomic E-state index is 0.669. The first kappa shape index (κ1) is 22.9. The van der Waals surface area contributed by atoms with Gasteiger partial charge in [-0.15, -0.1) is 0 Å². The predicted molar refractivity (Wildman–Crippen MR) is 136 cm³/mol. The van der Waals surface area contributed by atoms with E-state index in [1.807, 2.05) is 85.0 Å². The Hall–Kier alpha value is -4.32. The number of para-hydroxylation sites is 2. The van der Waals surface area contributed by atoms with Crippen LogP contribution in [0.4, 0.5) is 0 Å². The summed E-state index contributed by atoms with van der Waals surface area (Å²) in [5.74, 6) is 2.71. The monoisotopic (exact) mass is 454 g/mol. The molecular formula is C28H26N2O4. The molecule has 0 aliphatic heterocycles. The molecule has 172 valence electrons. The van der Waals surface area contributed by atoms with Crippen molar-refractivity contribution in [1.82, 2.24) is 9.97 Å². The topological polar surface area (TPSA) is 62.7 Å². The zero-order valence-corrected chi connectivity index (χ0v) is 19.6. The van der Waals surface area contributed by atoms with Crippen molar-refractivity contribution in [2.75, 3.05) is 28.4 Å². The van der Waals surface area contributed by atoms with E-state index in [1.54, 1.807) is 28.4 Å². The van der Waals surface area contributed by atoms with Gasteiger partial charge >= 0.3 is 0 Å². The molecule has 0 amide bonds. The van der Waals surface area contributed by atoms with Crippen LogP contribution in [0.5, 0.6) is 23.0 Å². The first-order valence-corrected chi connectivity index (χ1v) is 10.7. The molecule has 0 atom stereocenters. The highest BCUT2D eigenvalue weighted by Gasteiger charge is 2.07. The molecule has 0 unspecified atom stereocenters. The second-order valence-corrected chi connectivity index (χ2v) is 7.38. The summed E-state index contributed by atoms with van der Waals surface area (Å²) in [7, 11) is 6.48. The largest absolute Gasteiger partial charge is 0.493 e. The van der Waals surface area contributed by atoms with Crippen LogP contribution in [0, 0.1) is 0 Å². The van der Waals surface area contributed by atoms with Crippen molar-refractivity contribution in [3.8, 4) is 23.0 Å². The van der Waals surface area contributed by atoms with Crippen LogP contribution in [0.15, 0.2) is 60.7 Å². The second-order valence-electron chi connectivity index (χ2n) is 7.38. The normalized spacial score (nSPS) is 11.3. The van der Waals surface area contributed by atoms with Crippen molar-refractivity contribution < 1.29 is 18.9 Å². The summed E-state index contributed by atoms with van der Waals surface area (Å²) in [5.41, 5.74) is 5.09. The van der Waals surface area contributed by atoms with Crippen molar-refractivity contribution in [2.24, 2.45) is 0 Å². The molecule has 0 N–H and O–H groups in total. The maximum Gasteiger partial charge on any atom is 0.161 e. The highest BCUT2D eigenvalue weighted by atomic mass is 16.5. The van der Waals surface area contributed by atoms with Gasteiger partial charge in [0.1, 0.15) is 0 Å². The fourth-order valence-electron chi connectivity index (χ4n) is 3.54. The van der Waals surface area contributed by atoms with Gasteiger partial charge < -0.3 is 18.9 Å². The molecule has 1 aromatic heterocycles. The molecule has 6 nitrogen and oxygen atoms in total. The van der Waals surface area contributed by atoms with Crippen LogP contribution < -0.4 is 18.9 Å². The summed E-state index contributed by atoms with van der Waals surface area (Å²) in [5, 5.41) is 0. The van der Waals surface area contributed by atoms with Crippen LogP contribution in [0.2, 0.25) is 0 Å². The van der Waals surface area contributed by atoms with E-state index in [4.69, 9.17) is 28.9 Å². The molecule has 0 fully saturated rings. The van der Waals surface area contributed by atoms with Gasteiger partial charge in [0.2, 0.25) is 0 Å². The van der Waals surface area contributed by atoms with Crippen molar-refractivity contribution >= 4 is 35.3 Å². The average Bonchev–Trinajstić information content (AvgIpc) is 2.89. The third kappa shape index (κ3) is 5.02. The van der Waals surface area contributed by atoms with Gasteiger partial charge in [0.25, 0.3) is 0 Å². The Bertz CT molecular complexity index is 1260. The molecule has 0 aliphatic rings. The Morgan fingerprint density at radius 3 is 1.29 bits per heavy atom. The van der Waals surface area contributed by atoms with E-state index >= 15 is 0 Å². The quantitative estimate of drug-likeness (QED) is 0.325. The van der Waals surface area contributed by atoms with Gasteiger partial charge in [-0.3, -0.25) is 0 Å². The van der Waals surface area contributed by atoms with Crippen LogP contribution in [-0.4, -0.2) is 38.4 Å². The molecule has 0 radical (unpaired) electrons. The fraction of sp³-hybridized carbons (Fsp3) is 0.143. The van der Waals surface area contributed by atoms with Crippen molar-refractivity contribution in [1.29, 1.82) is 0 Å². The maximum absolute atomic E-state index is 5.42. The standard InChI is InChI=1S/C28H26N2O4/c1-31-25-15-11-19(17-27(25)33-3)9-13-23-24(30-22-8-6-5-7-21(22)29-23)14-10-20-12-16-26(32-2)28(18-20)34-4/h5-18H,1-4H3/b13-9+,14-10+. The molecule has 4 aromatic rings. The molecule has 4 rings (SSSR count). The number of methoxy groups -OCH3 is 4. The number of rotatable bonds is 8. The van der Waals surface area contributed by atoms with Gasteiger partial charge in [0.15, 0.2) is 23.0 Å². The number of nitrogens with zero attached hydrogens (tertiary/aromatic N) is 2. The summed E-state index contributed by atoms with van der Waals surface area (Å²) >= 11 is 0. The fourth-order valence-corrected chi connectivity index (χ4v) is 3.54. The number of hydrogen-bond donors (Lipinski definition) is 0. The Morgan fingerprint density at radius 1 is 0.500 bits per heavy atom. The van der Waals surface area contributed by atoms with Gasteiger partial charge in [0.05, 0.1) is 50.9 Å². The highest BCUT2D eigenvalue weighted by Crippen LogP contribution is 2.30. The molecule has 0 saturated heterocycles. The first-order valence-electron chi connectivity index (χ1n) is 10.7. The Balaban J connectivity index is 1.72. The number of benzene rings is 3. The van der Waals surface area contributed by atoms with Crippen LogP contribution in [0.1, 0.15) is 22.5 Å². The lowest BCUT2D eigenvalue weighted by molar-refractivity contribution is 0.355.